The third kappa shape index (κ3) is 6.17. The number of nitrogens with zero attached hydrogens (tertiary/aromatic N) is 3. The van der Waals surface area contributed by atoms with Gasteiger partial charge in [0.2, 0.25) is 10.0 Å². The fourth-order valence-electron chi connectivity index (χ4n) is 3.72. The number of fused-ring (bicyclic) bond motifs is 1. The SMILES string of the molecule is CCS(=O)(=O)Nc1ccccc1CNc1nc(-c2cc(F)c(O)cc2CC(F)(F)F)nc2n[nH]c(C(N)=O)c12. The lowest BCUT2D eigenvalue weighted by Gasteiger charge is -2.15. The van der Waals surface area contributed by atoms with Crippen molar-refractivity contribution in [2.75, 3.05) is 15.8 Å². The molecule has 0 saturated carbocycles. The number of amides is 1. The molecule has 16 heteroatoms. The minimum Gasteiger partial charge on any atom is -0.505 e. The van der Waals surface area contributed by atoms with Gasteiger partial charge in [0.15, 0.2) is 23.0 Å². The maximum absolute atomic E-state index is 14.2. The second-order valence-electron chi connectivity index (χ2n) is 8.33. The summed E-state index contributed by atoms with van der Waals surface area (Å²) in [4.78, 5) is 20.3. The summed E-state index contributed by atoms with van der Waals surface area (Å²) in [6.07, 6.45) is -6.22. The normalized spacial score (nSPS) is 12.0. The van der Waals surface area contributed by atoms with Gasteiger partial charge in [-0.15, -0.1) is 0 Å². The largest absolute Gasteiger partial charge is 0.505 e. The zero-order valence-corrected chi connectivity index (χ0v) is 20.9. The molecule has 0 radical (unpaired) electrons. The van der Waals surface area contributed by atoms with Crippen LogP contribution in [0.15, 0.2) is 36.4 Å². The van der Waals surface area contributed by atoms with E-state index in [1.807, 2.05) is 0 Å². The van der Waals surface area contributed by atoms with Crippen LogP contribution in [0.1, 0.15) is 28.5 Å². The van der Waals surface area contributed by atoms with E-state index in [9.17, 15) is 35.9 Å². The Balaban J connectivity index is 1.83. The first-order valence-electron chi connectivity index (χ1n) is 11.2. The number of benzene rings is 2. The summed E-state index contributed by atoms with van der Waals surface area (Å²) in [5.41, 5.74) is 4.89. The molecule has 0 saturated heterocycles. The quantitative estimate of drug-likeness (QED) is 0.191. The topological polar surface area (TPSA) is 176 Å². The van der Waals surface area contributed by atoms with Crippen LogP contribution in [0, 0.1) is 5.82 Å². The monoisotopic (exact) mass is 567 g/mol. The minimum absolute atomic E-state index is 0.00879. The molecule has 6 N–H and O–H groups in total. The molecule has 2 aromatic heterocycles. The smallest absolute Gasteiger partial charge is 0.393 e. The van der Waals surface area contributed by atoms with Crippen molar-refractivity contribution in [1.82, 2.24) is 20.2 Å². The molecule has 0 aliphatic carbocycles. The number of aromatic amines is 1. The van der Waals surface area contributed by atoms with Crippen molar-refractivity contribution in [2.24, 2.45) is 5.73 Å². The Morgan fingerprint density at radius 1 is 1.15 bits per heavy atom. The lowest BCUT2D eigenvalue weighted by atomic mass is 10.0. The highest BCUT2D eigenvalue weighted by molar-refractivity contribution is 7.92. The number of rotatable bonds is 9. The van der Waals surface area contributed by atoms with E-state index in [4.69, 9.17) is 5.73 Å². The number of sulfonamides is 1. The summed E-state index contributed by atoms with van der Waals surface area (Å²) in [7, 11) is -3.62. The molecule has 0 aliphatic heterocycles. The van der Waals surface area contributed by atoms with E-state index in [0.717, 1.165) is 0 Å². The molecule has 0 spiro atoms. The van der Waals surface area contributed by atoms with E-state index in [1.54, 1.807) is 18.2 Å². The van der Waals surface area contributed by atoms with Gasteiger partial charge >= 0.3 is 6.18 Å². The number of halogens is 4. The van der Waals surface area contributed by atoms with Gasteiger partial charge in [0.05, 0.1) is 23.2 Å². The van der Waals surface area contributed by atoms with Gasteiger partial charge in [0.1, 0.15) is 11.5 Å². The maximum Gasteiger partial charge on any atom is 0.393 e. The Morgan fingerprint density at radius 3 is 2.54 bits per heavy atom. The van der Waals surface area contributed by atoms with Crippen molar-refractivity contribution < 1.29 is 35.9 Å². The van der Waals surface area contributed by atoms with Crippen LogP contribution in [0.3, 0.4) is 0 Å². The first-order valence-corrected chi connectivity index (χ1v) is 12.9. The van der Waals surface area contributed by atoms with Gasteiger partial charge in [-0.1, -0.05) is 18.2 Å². The summed E-state index contributed by atoms with van der Waals surface area (Å²) in [5.74, 6) is -3.78. The van der Waals surface area contributed by atoms with Crippen LogP contribution in [0.2, 0.25) is 0 Å². The highest BCUT2D eigenvalue weighted by atomic mass is 32.2. The molecule has 0 bridgehead atoms. The van der Waals surface area contributed by atoms with E-state index in [-0.39, 0.29) is 51.9 Å². The number of nitrogens with two attached hydrogens (primary N) is 1. The first-order chi connectivity index (χ1) is 18.3. The van der Waals surface area contributed by atoms with Crippen LogP contribution in [0.5, 0.6) is 5.75 Å². The summed E-state index contributed by atoms with van der Waals surface area (Å²) in [5, 5.41) is 18.9. The van der Waals surface area contributed by atoms with Crippen LogP contribution in [-0.2, 0) is 23.0 Å². The van der Waals surface area contributed by atoms with Crippen molar-refractivity contribution >= 4 is 38.5 Å². The number of phenols is 1. The molecule has 11 nitrogen and oxygen atoms in total. The molecule has 0 atom stereocenters. The van der Waals surface area contributed by atoms with Gasteiger partial charge in [-0.2, -0.15) is 18.3 Å². The van der Waals surface area contributed by atoms with Crippen LogP contribution < -0.4 is 15.8 Å². The van der Waals surface area contributed by atoms with E-state index in [0.29, 0.717) is 17.7 Å². The van der Waals surface area contributed by atoms with Crippen molar-refractivity contribution in [3.05, 3.63) is 59.0 Å². The fraction of sp³-hybridized carbons (Fsp3) is 0.217. The van der Waals surface area contributed by atoms with Gasteiger partial charge in [-0.3, -0.25) is 14.6 Å². The zero-order valence-electron chi connectivity index (χ0n) is 20.1. The predicted molar refractivity (Wildman–Crippen MR) is 134 cm³/mol. The molecule has 39 heavy (non-hydrogen) atoms. The van der Waals surface area contributed by atoms with Gasteiger partial charge in [-0.05, 0) is 36.2 Å². The standard InChI is InChI=1S/C23H21F4N7O4S/c1-2-39(37,38)34-15-6-4-3-5-11(15)10-29-21-17-18(19(28)36)32-33-22(17)31-20(30-21)13-8-14(24)16(35)7-12(13)9-23(25,26)27/h3-8,34-35H,2,9-10H2,1H3,(H2,28,36)(H2,29,30,31,32,33). The number of hydrogen-bond acceptors (Lipinski definition) is 8. The lowest BCUT2D eigenvalue weighted by Crippen LogP contribution is -2.17. The molecule has 4 aromatic rings. The third-order valence-electron chi connectivity index (χ3n) is 5.57. The molecule has 0 aliphatic rings. The molecular formula is C23H21F4N7O4S. The van der Waals surface area contributed by atoms with Gasteiger partial charge in [0, 0.05) is 12.1 Å². The average Bonchev–Trinajstić information content (AvgIpc) is 3.29. The number of aromatic hydroxyl groups is 1. The van der Waals surface area contributed by atoms with Crippen LogP contribution >= 0.6 is 0 Å². The maximum atomic E-state index is 14.2. The van der Waals surface area contributed by atoms with E-state index in [2.05, 4.69) is 30.2 Å². The highest BCUT2D eigenvalue weighted by Crippen LogP contribution is 2.34. The van der Waals surface area contributed by atoms with Crippen molar-refractivity contribution in [3.63, 3.8) is 0 Å². The van der Waals surface area contributed by atoms with E-state index < -0.39 is 45.7 Å². The number of hydrogen-bond donors (Lipinski definition) is 5. The van der Waals surface area contributed by atoms with Crippen molar-refractivity contribution in [3.8, 4) is 17.1 Å². The number of phenolic OH excluding ortho intramolecular Hbond substituents is 1. The highest BCUT2D eigenvalue weighted by Gasteiger charge is 2.31. The zero-order chi connectivity index (χ0) is 28.5. The lowest BCUT2D eigenvalue weighted by molar-refractivity contribution is -0.127. The Labute approximate surface area is 218 Å². The summed E-state index contributed by atoms with van der Waals surface area (Å²) >= 11 is 0. The molecule has 2 heterocycles. The van der Waals surface area contributed by atoms with Gasteiger partial charge in [0.25, 0.3) is 5.91 Å². The number of aromatic nitrogens is 4. The first kappa shape index (κ1) is 27.6. The minimum atomic E-state index is -4.70. The second kappa shape index (κ2) is 10.4. The number of anilines is 2. The Kier molecular flexibility index (Phi) is 7.32. The summed E-state index contributed by atoms with van der Waals surface area (Å²) < 4.78 is 80.6. The second-order valence-corrected chi connectivity index (χ2v) is 10.3. The Hall–Kier alpha value is -4.47. The van der Waals surface area contributed by atoms with Gasteiger partial charge in [-0.25, -0.2) is 22.8 Å². The number of H-pyrrole nitrogens is 1. The molecule has 206 valence electrons. The summed E-state index contributed by atoms with van der Waals surface area (Å²) in [6.45, 7) is 1.39. The average molecular weight is 568 g/mol. The molecule has 2 aromatic carbocycles. The van der Waals surface area contributed by atoms with E-state index >= 15 is 0 Å². The molecule has 0 fully saturated rings. The van der Waals surface area contributed by atoms with E-state index in [1.165, 1.54) is 13.0 Å². The summed E-state index contributed by atoms with van der Waals surface area (Å²) in [6, 6.07) is 7.70. The predicted octanol–water partition coefficient (Wildman–Crippen LogP) is 3.44. The molecular weight excluding hydrogens is 546 g/mol. The number of carbonyl (C=O) groups is 1. The number of para-hydroxylation sites is 1. The molecule has 1 amide bonds. The molecule has 0 unspecified atom stereocenters. The van der Waals surface area contributed by atoms with Crippen LogP contribution in [-0.4, -0.2) is 51.5 Å². The van der Waals surface area contributed by atoms with Crippen LogP contribution in [0.4, 0.5) is 29.1 Å². The Morgan fingerprint density at radius 2 is 1.87 bits per heavy atom. The number of primary amides is 1. The number of nitrogens with one attached hydrogen (secondary N) is 3. The van der Waals surface area contributed by atoms with Crippen LogP contribution in [0.25, 0.3) is 22.4 Å². The fourth-order valence-corrected chi connectivity index (χ4v) is 4.40. The molecule has 4 rings (SSSR count). The van der Waals surface area contributed by atoms with Gasteiger partial charge < -0.3 is 16.2 Å². The van der Waals surface area contributed by atoms with Crippen molar-refractivity contribution in [2.45, 2.75) is 26.1 Å². The number of alkyl halides is 3. The number of carbonyl (C=O) groups excluding carboxylic acids is 1. The van der Waals surface area contributed by atoms with Crippen molar-refractivity contribution in [1.29, 1.82) is 0 Å². The third-order valence-corrected chi connectivity index (χ3v) is 6.86. The Bertz CT molecular complexity index is 1670.